The monoisotopic (exact) mass is 252 g/mol. The van der Waals surface area contributed by atoms with E-state index in [2.05, 4.69) is 26.0 Å². The molecular formula is C16H28O2. The molecule has 1 aliphatic rings. The number of rotatable bonds is 8. The molecular weight excluding hydrogens is 224 g/mol. The first-order valence-electron chi connectivity index (χ1n) is 7.40. The lowest BCUT2D eigenvalue weighted by atomic mass is 9.83. The molecule has 1 fully saturated rings. The average Bonchev–Trinajstić information content (AvgIpc) is 2.41. The normalized spacial score (nSPS) is 24.8. The predicted molar refractivity (Wildman–Crippen MR) is 76.2 cm³/mol. The molecule has 2 nitrogen and oxygen atoms in total. The van der Waals surface area contributed by atoms with Gasteiger partial charge in [0.25, 0.3) is 0 Å². The largest absolute Gasteiger partial charge is 0.501 e. The quantitative estimate of drug-likeness (QED) is 0.584. The van der Waals surface area contributed by atoms with Crippen LogP contribution in [0, 0.1) is 11.8 Å². The van der Waals surface area contributed by atoms with Crippen molar-refractivity contribution in [3.8, 4) is 0 Å². The molecule has 0 radical (unpaired) electrons. The van der Waals surface area contributed by atoms with Crippen molar-refractivity contribution in [2.75, 3.05) is 13.2 Å². The van der Waals surface area contributed by atoms with Gasteiger partial charge in [-0.05, 0) is 50.4 Å². The Labute approximate surface area is 112 Å². The Morgan fingerprint density at radius 1 is 0.778 bits per heavy atom. The topological polar surface area (TPSA) is 18.5 Å². The molecule has 1 rings (SSSR count). The summed E-state index contributed by atoms with van der Waals surface area (Å²) in [4.78, 5) is 0. The Morgan fingerprint density at radius 2 is 1.17 bits per heavy atom. The van der Waals surface area contributed by atoms with Crippen molar-refractivity contribution in [2.24, 2.45) is 11.8 Å². The molecule has 0 unspecified atom stereocenters. The predicted octanol–water partition coefficient (Wildman–Crippen LogP) is 4.67. The van der Waals surface area contributed by atoms with Gasteiger partial charge in [0.2, 0.25) is 0 Å². The highest BCUT2D eigenvalue weighted by atomic mass is 16.5. The van der Waals surface area contributed by atoms with Crippen molar-refractivity contribution < 1.29 is 9.47 Å². The molecule has 1 saturated carbocycles. The first-order chi connectivity index (χ1) is 8.86. The molecule has 0 saturated heterocycles. The maximum Gasteiger partial charge on any atom is 0.0901 e. The zero-order valence-corrected chi connectivity index (χ0v) is 11.9. The lowest BCUT2D eigenvalue weighted by molar-refractivity contribution is 0.113. The molecule has 2 heteroatoms. The molecule has 0 aromatic heterocycles. The van der Waals surface area contributed by atoms with Crippen LogP contribution in [0.3, 0.4) is 0 Å². The highest BCUT2D eigenvalue weighted by molar-refractivity contribution is 4.76. The lowest BCUT2D eigenvalue weighted by Crippen LogP contribution is -2.20. The number of hydrogen-bond donors (Lipinski definition) is 0. The van der Waals surface area contributed by atoms with Crippen molar-refractivity contribution in [3.05, 3.63) is 24.7 Å². The van der Waals surface area contributed by atoms with E-state index in [4.69, 9.17) is 9.47 Å². The second-order valence-corrected chi connectivity index (χ2v) is 5.11. The van der Waals surface area contributed by atoms with Crippen LogP contribution < -0.4 is 0 Å². The number of hydrogen-bond acceptors (Lipinski definition) is 2. The average molecular weight is 252 g/mol. The molecule has 0 spiro atoms. The summed E-state index contributed by atoms with van der Waals surface area (Å²) >= 11 is 0. The van der Waals surface area contributed by atoms with Gasteiger partial charge in [0.05, 0.1) is 25.7 Å². The maximum absolute atomic E-state index is 5.54. The highest BCUT2D eigenvalue weighted by Gasteiger charge is 2.21. The van der Waals surface area contributed by atoms with Crippen molar-refractivity contribution in [3.63, 3.8) is 0 Å². The SMILES string of the molecule is CCC=COCC1CCC(COC=CCC)CC1. The second kappa shape index (κ2) is 10.0. The van der Waals surface area contributed by atoms with Crippen molar-refractivity contribution >= 4 is 0 Å². The van der Waals surface area contributed by atoms with Crippen LogP contribution in [0.2, 0.25) is 0 Å². The van der Waals surface area contributed by atoms with E-state index in [9.17, 15) is 0 Å². The van der Waals surface area contributed by atoms with Crippen LogP contribution >= 0.6 is 0 Å². The van der Waals surface area contributed by atoms with E-state index in [1.54, 1.807) is 0 Å². The molecule has 0 aromatic rings. The summed E-state index contributed by atoms with van der Waals surface area (Å²) in [5.74, 6) is 1.49. The van der Waals surface area contributed by atoms with E-state index in [1.807, 2.05) is 12.5 Å². The van der Waals surface area contributed by atoms with E-state index in [1.165, 1.54) is 25.7 Å². The first kappa shape index (κ1) is 15.1. The first-order valence-corrected chi connectivity index (χ1v) is 7.40. The Balaban J connectivity index is 2.05. The van der Waals surface area contributed by atoms with Crippen molar-refractivity contribution in [1.82, 2.24) is 0 Å². The highest BCUT2D eigenvalue weighted by Crippen LogP contribution is 2.29. The van der Waals surface area contributed by atoms with Gasteiger partial charge >= 0.3 is 0 Å². The van der Waals surface area contributed by atoms with Crippen molar-refractivity contribution in [1.29, 1.82) is 0 Å². The zero-order chi connectivity index (χ0) is 13.1. The fourth-order valence-electron chi connectivity index (χ4n) is 2.28. The molecule has 0 N–H and O–H groups in total. The van der Waals surface area contributed by atoms with Gasteiger partial charge in [0.1, 0.15) is 0 Å². The van der Waals surface area contributed by atoms with Gasteiger partial charge in [0, 0.05) is 0 Å². The third-order valence-electron chi connectivity index (χ3n) is 3.49. The molecule has 0 atom stereocenters. The van der Waals surface area contributed by atoms with Crippen LogP contribution in [0.4, 0.5) is 0 Å². The third kappa shape index (κ3) is 6.73. The van der Waals surface area contributed by atoms with Crippen LogP contribution in [0.1, 0.15) is 52.4 Å². The molecule has 104 valence electrons. The van der Waals surface area contributed by atoms with Crippen molar-refractivity contribution in [2.45, 2.75) is 52.4 Å². The Hall–Kier alpha value is -0.920. The van der Waals surface area contributed by atoms with Crippen LogP contribution in [0.5, 0.6) is 0 Å². The fourth-order valence-corrected chi connectivity index (χ4v) is 2.28. The van der Waals surface area contributed by atoms with Crippen LogP contribution in [0.25, 0.3) is 0 Å². The number of ether oxygens (including phenoxy) is 2. The molecule has 0 bridgehead atoms. The molecule has 0 amide bonds. The van der Waals surface area contributed by atoms with Crippen LogP contribution in [0.15, 0.2) is 24.7 Å². The summed E-state index contributed by atoms with van der Waals surface area (Å²) < 4.78 is 11.1. The van der Waals surface area contributed by atoms with Crippen LogP contribution in [-0.2, 0) is 9.47 Å². The van der Waals surface area contributed by atoms with Gasteiger partial charge < -0.3 is 9.47 Å². The molecule has 0 aliphatic heterocycles. The van der Waals surface area contributed by atoms with Gasteiger partial charge in [-0.25, -0.2) is 0 Å². The van der Waals surface area contributed by atoms with Gasteiger partial charge in [-0.3, -0.25) is 0 Å². The van der Waals surface area contributed by atoms with E-state index in [-0.39, 0.29) is 0 Å². The minimum Gasteiger partial charge on any atom is -0.501 e. The summed E-state index contributed by atoms with van der Waals surface area (Å²) in [5, 5.41) is 0. The minimum absolute atomic E-state index is 0.744. The summed E-state index contributed by atoms with van der Waals surface area (Å²) in [7, 11) is 0. The summed E-state index contributed by atoms with van der Waals surface area (Å²) in [5.41, 5.74) is 0. The maximum atomic E-state index is 5.54. The second-order valence-electron chi connectivity index (χ2n) is 5.11. The third-order valence-corrected chi connectivity index (χ3v) is 3.49. The van der Waals surface area contributed by atoms with E-state index in [0.29, 0.717) is 0 Å². The minimum atomic E-state index is 0.744. The molecule has 0 heterocycles. The molecule has 0 aromatic carbocycles. The van der Waals surface area contributed by atoms with E-state index >= 15 is 0 Å². The summed E-state index contributed by atoms with van der Waals surface area (Å²) in [6, 6.07) is 0. The van der Waals surface area contributed by atoms with Crippen LogP contribution in [-0.4, -0.2) is 13.2 Å². The Kier molecular flexibility index (Phi) is 8.45. The smallest absolute Gasteiger partial charge is 0.0901 e. The lowest BCUT2D eigenvalue weighted by Gasteiger charge is -2.27. The van der Waals surface area contributed by atoms with Gasteiger partial charge in [-0.2, -0.15) is 0 Å². The fraction of sp³-hybridized carbons (Fsp3) is 0.750. The van der Waals surface area contributed by atoms with Gasteiger partial charge in [-0.1, -0.05) is 26.0 Å². The molecule has 18 heavy (non-hydrogen) atoms. The van der Waals surface area contributed by atoms with E-state index in [0.717, 1.165) is 37.9 Å². The Morgan fingerprint density at radius 3 is 1.50 bits per heavy atom. The van der Waals surface area contributed by atoms with Gasteiger partial charge in [0.15, 0.2) is 0 Å². The van der Waals surface area contributed by atoms with Gasteiger partial charge in [-0.15, -0.1) is 0 Å². The zero-order valence-electron chi connectivity index (χ0n) is 11.9. The Bertz CT molecular complexity index is 211. The molecule has 1 aliphatic carbocycles. The number of allylic oxidation sites excluding steroid dienone is 2. The summed E-state index contributed by atoms with van der Waals surface area (Å²) in [6.45, 7) is 6.02. The van der Waals surface area contributed by atoms with E-state index < -0.39 is 0 Å². The summed E-state index contributed by atoms with van der Waals surface area (Å²) in [6.07, 6.45) is 15.1. The standard InChI is InChI=1S/C16H28O2/c1-3-5-11-17-13-15-7-9-16(10-8-15)14-18-12-6-4-2/h5-6,11-12,15-16H,3-4,7-10,13-14H2,1-2H3.